The molecule has 3 aromatic rings. The van der Waals surface area contributed by atoms with Crippen LogP contribution in [0.2, 0.25) is 0 Å². The second-order valence-corrected chi connectivity index (χ2v) is 11.8. The van der Waals surface area contributed by atoms with E-state index < -0.39 is 51.7 Å². The molecule has 0 saturated carbocycles. The smallest absolute Gasteiger partial charge is 0.452 e. The molecule has 15 heteroatoms. The minimum absolute atomic E-state index is 0.0168. The van der Waals surface area contributed by atoms with Gasteiger partial charge in [0, 0.05) is 36.7 Å². The maximum atomic E-state index is 14.2. The number of rotatable bonds is 3. The van der Waals surface area contributed by atoms with Crippen molar-refractivity contribution in [3.63, 3.8) is 0 Å². The summed E-state index contributed by atoms with van der Waals surface area (Å²) in [5, 5.41) is 8.78. The van der Waals surface area contributed by atoms with Gasteiger partial charge in [-0.1, -0.05) is 17.3 Å². The van der Waals surface area contributed by atoms with Crippen molar-refractivity contribution in [2.75, 3.05) is 19.7 Å². The fourth-order valence-electron chi connectivity index (χ4n) is 5.16. The summed E-state index contributed by atoms with van der Waals surface area (Å²) in [5.41, 5.74) is 0.101. The number of aryl methyl sites for hydroxylation is 1. The zero-order valence-corrected chi connectivity index (χ0v) is 23.0. The zero-order valence-electron chi connectivity index (χ0n) is 22.2. The second-order valence-electron chi connectivity index (χ2n) is 10.0. The van der Waals surface area contributed by atoms with Crippen molar-refractivity contribution >= 4 is 21.8 Å². The highest BCUT2D eigenvalue weighted by molar-refractivity contribution is 7.89. The first-order valence-electron chi connectivity index (χ1n) is 13.0. The number of hydrogen-bond donors (Lipinski definition) is 2. The third kappa shape index (κ3) is 5.97. The lowest BCUT2D eigenvalue weighted by molar-refractivity contribution is -0.155. The molecule has 1 saturated heterocycles. The Labute approximate surface area is 238 Å². The summed E-state index contributed by atoms with van der Waals surface area (Å²) in [7, 11) is -4.36. The normalized spacial score (nSPS) is 20.7. The van der Waals surface area contributed by atoms with Crippen LogP contribution in [0.4, 0.5) is 17.6 Å². The Morgan fingerprint density at radius 2 is 1.79 bits per heavy atom. The number of sulfonamides is 1. The Hall–Kier alpha value is -3.98. The maximum Gasteiger partial charge on any atom is 0.452 e. The highest BCUT2D eigenvalue weighted by Gasteiger charge is 2.44. The van der Waals surface area contributed by atoms with E-state index in [4.69, 9.17) is 4.74 Å². The number of nitrogens with zero attached hydrogens (tertiary/aromatic N) is 2. The molecule has 2 aromatic carbocycles. The SMILES string of the molecule is Cc1ccc(-c2cc(C(F)(F)F)on2)cc1S(=O)(=O)N1[C@@H]2CC[C@H]1CC(=O)NCCOc1ccc(F)cc1C(=O)NC2. The van der Waals surface area contributed by atoms with Crippen LogP contribution < -0.4 is 15.4 Å². The molecule has 2 bridgehead atoms. The minimum Gasteiger partial charge on any atom is -0.491 e. The van der Waals surface area contributed by atoms with Gasteiger partial charge in [0.1, 0.15) is 23.9 Å². The molecule has 5 rings (SSSR count). The van der Waals surface area contributed by atoms with Gasteiger partial charge < -0.3 is 19.9 Å². The van der Waals surface area contributed by atoms with Gasteiger partial charge in [-0.2, -0.15) is 17.5 Å². The topological polar surface area (TPSA) is 131 Å². The first-order valence-corrected chi connectivity index (χ1v) is 14.4. The van der Waals surface area contributed by atoms with E-state index in [1.165, 1.54) is 35.5 Å². The van der Waals surface area contributed by atoms with Crippen molar-refractivity contribution in [3.8, 4) is 17.0 Å². The van der Waals surface area contributed by atoms with E-state index in [1.54, 1.807) is 0 Å². The number of nitrogens with one attached hydrogen (secondary N) is 2. The van der Waals surface area contributed by atoms with Crippen molar-refractivity contribution in [1.82, 2.24) is 20.1 Å². The Morgan fingerprint density at radius 1 is 1.02 bits per heavy atom. The standard InChI is InChI=1S/C27H26F4N4O6S/c1-15-2-3-16(21-13-24(41-34-21)27(29,30)31)10-23(15)42(38,39)35-18-5-6-19(35)14-33-26(37)20-11-17(28)4-7-22(20)40-9-8-32-25(36)12-18/h2-4,7,10-11,13,18-19H,5-6,8-9,12,14H2,1H3,(H,32,36)(H,33,37)/t18-,19+/m0/s1. The van der Waals surface area contributed by atoms with Gasteiger partial charge in [-0.25, -0.2) is 12.8 Å². The van der Waals surface area contributed by atoms with E-state index in [0.717, 1.165) is 12.1 Å². The molecule has 2 atom stereocenters. The number of carbonyl (C=O) groups is 2. The quantitative estimate of drug-likeness (QED) is 0.433. The fourth-order valence-corrected chi connectivity index (χ4v) is 7.28. The summed E-state index contributed by atoms with van der Waals surface area (Å²) in [4.78, 5) is 25.6. The van der Waals surface area contributed by atoms with Crippen LogP contribution in [0.15, 0.2) is 51.9 Å². The van der Waals surface area contributed by atoms with E-state index in [-0.39, 0.29) is 53.6 Å². The van der Waals surface area contributed by atoms with Gasteiger partial charge in [0.25, 0.3) is 5.91 Å². The Bertz CT molecular complexity index is 1620. The number of fused-ring (bicyclic) bond motifs is 3. The van der Waals surface area contributed by atoms with E-state index in [2.05, 4.69) is 20.3 Å². The van der Waals surface area contributed by atoms with Crippen molar-refractivity contribution in [3.05, 3.63) is 65.2 Å². The van der Waals surface area contributed by atoms with Gasteiger partial charge in [-0.3, -0.25) is 9.59 Å². The molecule has 0 aliphatic carbocycles. The average Bonchev–Trinajstić information content (AvgIpc) is 3.58. The highest BCUT2D eigenvalue weighted by atomic mass is 32.2. The van der Waals surface area contributed by atoms with Gasteiger partial charge in [-0.05, 0) is 49.6 Å². The fraction of sp³-hybridized carbons (Fsp3) is 0.370. The predicted molar refractivity (Wildman–Crippen MR) is 139 cm³/mol. The number of hydrogen-bond acceptors (Lipinski definition) is 7. The van der Waals surface area contributed by atoms with E-state index in [0.29, 0.717) is 24.5 Å². The van der Waals surface area contributed by atoms with Gasteiger partial charge in [0.05, 0.1) is 17.0 Å². The van der Waals surface area contributed by atoms with E-state index >= 15 is 0 Å². The van der Waals surface area contributed by atoms with Gasteiger partial charge in [0.15, 0.2) is 0 Å². The molecular formula is C27H26F4N4O6S. The van der Waals surface area contributed by atoms with Crippen LogP contribution in [-0.2, 0) is 21.0 Å². The molecule has 0 radical (unpaired) electrons. The summed E-state index contributed by atoms with van der Waals surface area (Å²) >= 11 is 0. The Morgan fingerprint density at radius 3 is 2.52 bits per heavy atom. The van der Waals surface area contributed by atoms with Crippen molar-refractivity contribution < 1.29 is 44.8 Å². The molecule has 3 heterocycles. The molecule has 1 fully saturated rings. The van der Waals surface area contributed by atoms with Crippen molar-refractivity contribution in [1.29, 1.82) is 0 Å². The second kappa shape index (κ2) is 11.4. The third-order valence-electron chi connectivity index (χ3n) is 7.17. The number of ether oxygens (including phenoxy) is 1. The van der Waals surface area contributed by atoms with Gasteiger partial charge in [-0.15, -0.1) is 0 Å². The summed E-state index contributed by atoms with van der Waals surface area (Å²) in [6.45, 7) is 1.42. The van der Waals surface area contributed by atoms with Crippen LogP contribution in [0.3, 0.4) is 0 Å². The molecule has 0 unspecified atom stereocenters. The van der Waals surface area contributed by atoms with Crippen LogP contribution >= 0.6 is 0 Å². The van der Waals surface area contributed by atoms with Crippen molar-refractivity contribution in [2.24, 2.45) is 0 Å². The molecule has 2 aliphatic heterocycles. The average molecular weight is 611 g/mol. The van der Waals surface area contributed by atoms with Crippen LogP contribution in [0.1, 0.15) is 40.9 Å². The minimum atomic E-state index is -4.77. The molecule has 0 spiro atoms. The molecule has 224 valence electrons. The predicted octanol–water partition coefficient (Wildman–Crippen LogP) is 3.66. The summed E-state index contributed by atoms with van der Waals surface area (Å²) in [6.07, 6.45) is -4.32. The molecular weight excluding hydrogens is 584 g/mol. The molecule has 2 aliphatic rings. The third-order valence-corrected chi connectivity index (χ3v) is 9.32. The lowest BCUT2D eigenvalue weighted by Gasteiger charge is -2.30. The molecule has 2 N–H and O–H groups in total. The summed E-state index contributed by atoms with van der Waals surface area (Å²) in [6, 6.07) is 6.64. The van der Waals surface area contributed by atoms with E-state index in [1.807, 2.05) is 0 Å². The Balaban J connectivity index is 1.50. The first-order chi connectivity index (χ1) is 19.8. The van der Waals surface area contributed by atoms with Crippen LogP contribution in [0.25, 0.3) is 11.3 Å². The van der Waals surface area contributed by atoms with Crippen LogP contribution in [0.5, 0.6) is 5.75 Å². The number of aromatic nitrogens is 1. The molecule has 1 aromatic heterocycles. The molecule has 42 heavy (non-hydrogen) atoms. The lowest BCUT2D eigenvalue weighted by atomic mass is 10.1. The summed E-state index contributed by atoms with van der Waals surface area (Å²) < 4.78 is 92.6. The highest BCUT2D eigenvalue weighted by Crippen LogP contribution is 2.37. The lowest BCUT2D eigenvalue weighted by Crippen LogP contribution is -2.48. The van der Waals surface area contributed by atoms with E-state index in [9.17, 15) is 35.6 Å². The number of alkyl halides is 3. The van der Waals surface area contributed by atoms with Crippen LogP contribution in [-0.4, -0.2) is 61.5 Å². The van der Waals surface area contributed by atoms with Crippen molar-refractivity contribution in [2.45, 2.75) is 49.3 Å². The number of halogens is 4. The van der Waals surface area contributed by atoms with Crippen LogP contribution in [0, 0.1) is 12.7 Å². The Kier molecular flexibility index (Phi) is 7.98. The maximum absolute atomic E-state index is 14.2. The number of carbonyl (C=O) groups excluding carboxylic acids is 2. The number of amides is 2. The van der Waals surface area contributed by atoms with Gasteiger partial charge in [0.2, 0.25) is 21.7 Å². The van der Waals surface area contributed by atoms with Gasteiger partial charge >= 0.3 is 6.18 Å². The first kappa shape index (κ1) is 29.5. The summed E-state index contributed by atoms with van der Waals surface area (Å²) in [5.74, 6) is -2.99. The number of benzene rings is 2. The monoisotopic (exact) mass is 610 g/mol. The molecule has 10 nitrogen and oxygen atoms in total. The zero-order chi connectivity index (χ0) is 30.2. The largest absolute Gasteiger partial charge is 0.491 e. The molecule has 2 amide bonds.